The predicted molar refractivity (Wildman–Crippen MR) is 69.3 cm³/mol. The average molecular weight is 235 g/mol. The number of nitrogens with one attached hydrogen (secondary N) is 1. The fourth-order valence-electron chi connectivity index (χ4n) is 1.46. The number of rotatable bonds is 5. The maximum absolute atomic E-state index is 11.4. The number of hydrogen-bond acceptors (Lipinski definition) is 2. The molecule has 0 saturated heterocycles. The molecule has 0 aliphatic carbocycles. The molecule has 0 aliphatic rings. The van der Waals surface area contributed by atoms with Crippen LogP contribution in [0.5, 0.6) is 5.75 Å². The molecule has 0 heterocycles. The van der Waals surface area contributed by atoms with Gasteiger partial charge in [-0.2, -0.15) is 0 Å². The van der Waals surface area contributed by atoms with Gasteiger partial charge in [0, 0.05) is 6.04 Å². The number of ether oxygens (including phenoxy) is 1. The van der Waals surface area contributed by atoms with Crippen molar-refractivity contribution in [1.29, 1.82) is 0 Å². The maximum Gasteiger partial charge on any atom is 0.223 e. The summed E-state index contributed by atoms with van der Waals surface area (Å²) < 4.78 is 5.53. The van der Waals surface area contributed by atoms with Gasteiger partial charge in [-0.05, 0) is 51.0 Å². The van der Waals surface area contributed by atoms with E-state index in [0.717, 1.165) is 5.75 Å². The molecule has 0 aliphatic heterocycles. The minimum Gasteiger partial charge on any atom is -0.493 e. The molecule has 0 aromatic heterocycles. The minimum atomic E-state index is 0.0313. The van der Waals surface area contributed by atoms with Crippen molar-refractivity contribution in [2.24, 2.45) is 0 Å². The van der Waals surface area contributed by atoms with Crippen LogP contribution in [0.4, 0.5) is 0 Å². The fraction of sp³-hybridized carbons (Fsp3) is 0.500. The summed E-state index contributed by atoms with van der Waals surface area (Å²) in [6, 6.07) is 6.14. The Morgan fingerprint density at radius 1 is 1.29 bits per heavy atom. The van der Waals surface area contributed by atoms with Crippen LogP contribution in [0, 0.1) is 13.8 Å². The van der Waals surface area contributed by atoms with E-state index in [1.165, 1.54) is 11.1 Å². The summed E-state index contributed by atoms with van der Waals surface area (Å²) in [7, 11) is 0. The predicted octanol–water partition coefficient (Wildman–Crippen LogP) is 2.60. The van der Waals surface area contributed by atoms with E-state index in [4.69, 9.17) is 4.74 Å². The topological polar surface area (TPSA) is 38.3 Å². The van der Waals surface area contributed by atoms with Crippen LogP contribution in [0.3, 0.4) is 0 Å². The van der Waals surface area contributed by atoms with Crippen molar-refractivity contribution in [3.63, 3.8) is 0 Å². The van der Waals surface area contributed by atoms with Gasteiger partial charge in [-0.3, -0.25) is 4.79 Å². The third kappa shape index (κ3) is 4.89. The first-order valence-corrected chi connectivity index (χ1v) is 5.98. The smallest absolute Gasteiger partial charge is 0.223 e. The normalized spacial score (nSPS) is 10.4. The van der Waals surface area contributed by atoms with Crippen molar-refractivity contribution in [3.05, 3.63) is 29.3 Å². The van der Waals surface area contributed by atoms with Gasteiger partial charge in [0.15, 0.2) is 0 Å². The first-order valence-electron chi connectivity index (χ1n) is 5.98. The van der Waals surface area contributed by atoms with E-state index in [1.807, 2.05) is 39.0 Å². The number of amides is 1. The molecule has 1 rings (SSSR count). The van der Waals surface area contributed by atoms with Gasteiger partial charge in [-0.15, -0.1) is 0 Å². The summed E-state index contributed by atoms with van der Waals surface area (Å²) in [6.45, 7) is 8.42. The Morgan fingerprint density at radius 3 is 2.59 bits per heavy atom. The molecule has 1 amide bonds. The van der Waals surface area contributed by atoms with E-state index in [-0.39, 0.29) is 11.9 Å². The third-order valence-electron chi connectivity index (χ3n) is 2.53. The molecule has 0 unspecified atom stereocenters. The molecular formula is C14H21NO2. The Bertz CT molecular complexity index is 386. The monoisotopic (exact) mass is 235 g/mol. The van der Waals surface area contributed by atoms with Gasteiger partial charge < -0.3 is 10.1 Å². The molecule has 3 nitrogen and oxygen atoms in total. The van der Waals surface area contributed by atoms with Gasteiger partial charge in [0.1, 0.15) is 5.75 Å². The zero-order valence-corrected chi connectivity index (χ0v) is 11.0. The Hall–Kier alpha value is -1.51. The SMILES string of the molecule is Cc1ccc(OCCC(=O)NC(C)C)cc1C. The summed E-state index contributed by atoms with van der Waals surface area (Å²) in [5, 5.41) is 2.83. The Balaban J connectivity index is 2.36. The van der Waals surface area contributed by atoms with Gasteiger partial charge in [0.05, 0.1) is 13.0 Å². The first kappa shape index (κ1) is 13.6. The molecule has 1 N–H and O–H groups in total. The molecule has 1 aromatic carbocycles. The zero-order chi connectivity index (χ0) is 12.8. The lowest BCUT2D eigenvalue weighted by Gasteiger charge is -2.10. The second-order valence-corrected chi connectivity index (χ2v) is 4.57. The average Bonchev–Trinajstić information content (AvgIpc) is 2.22. The Labute approximate surface area is 103 Å². The number of hydrogen-bond donors (Lipinski definition) is 1. The molecule has 3 heteroatoms. The quantitative estimate of drug-likeness (QED) is 0.852. The van der Waals surface area contributed by atoms with Crippen molar-refractivity contribution < 1.29 is 9.53 Å². The Kier molecular flexibility index (Phi) is 5.01. The highest BCUT2D eigenvalue weighted by Crippen LogP contribution is 2.16. The summed E-state index contributed by atoms with van der Waals surface area (Å²) in [5.74, 6) is 0.856. The van der Waals surface area contributed by atoms with Crippen LogP contribution in [-0.2, 0) is 4.79 Å². The number of aryl methyl sites for hydroxylation is 2. The van der Waals surface area contributed by atoms with Gasteiger partial charge in [0.25, 0.3) is 0 Å². The van der Waals surface area contributed by atoms with Gasteiger partial charge >= 0.3 is 0 Å². The van der Waals surface area contributed by atoms with E-state index >= 15 is 0 Å². The molecule has 0 saturated carbocycles. The van der Waals surface area contributed by atoms with Crippen LogP contribution in [0.2, 0.25) is 0 Å². The van der Waals surface area contributed by atoms with Crippen molar-refractivity contribution in [1.82, 2.24) is 5.32 Å². The van der Waals surface area contributed by atoms with E-state index < -0.39 is 0 Å². The van der Waals surface area contributed by atoms with Crippen molar-refractivity contribution in [2.45, 2.75) is 40.2 Å². The highest BCUT2D eigenvalue weighted by Gasteiger charge is 2.03. The van der Waals surface area contributed by atoms with Crippen LogP contribution in [0.25, 0.3) is 0 Å². The number of carbonyl (C=O) groups is 1. The molecule has 1 aromatic rings. The summed E-state index contributed by atoms with van der Waals surface area (Å²) in [6.07, 6.45) is 0.394. The maximum atomic E-state index is 11.4. The largest absolute Gasteiger partial charge is 0.493 e. The lowest BCUT2D eigenvalue weighted by molar-refractivity contribution is -0.122. The van der Waals surface area contributed by atoms with E-state index in [9.17, 15) is 4.79 Å². The molecule has 94 valence electrons. The lowest BCUT2D eigenvalue weighted by Crippen LogP contribution is -2.31. The molecule has 0 bridgehead atoms. The second-order valence-electron chi connectivity index (χ2n) is 4.57. The first-order chi connectivity index (χ1) is 7.99. The lowest BCUT2D eigenvalue weighted by atomic mass is 10.1. The molecule has 0 spiro atoms. The zero-order valence-electron chi connectivity index (χ0n) is 11.0. The molecule has 17 heavy (non-hydrogen) atoms. The molecular weight excluding hydrogens is 214 g/mol. The summed E-state index contributed by atoms with van der Waals surface area (Å²) in [5.41, 5.74) is 2.45. The standard InChI is InChI=1S/C14H21NO2/c1-10(2)15-14(16)7-8-17-13-6-5-11(3)12(4)9-13/h5-6,9-10H,7-8H2,1-4H3,(H,15,16). The summed E-state index contributed by atoms with van der Waals surface area (Å²) >= 11 is 0. The highest BCUT2D eigenvalue weighted by atomic mass is 16.5. The van der Waals surface area contributed by atoms with Crippen LogP contribution in [-0.4, -0.2) is 18.6 Å². The third-order valence-corrected chi connectivity index (χ3v) is 2.53. The van der Waals surface area contributed by atoms with Crippen molar-refractivity contribution in [3.8, 4) is 5.75 Å². The second kappa shape index (κ2) is 6.28. The summed E-state index contributed by atoms with van der Waals surface area (Å²) in [4.78, 5) is 11.4. The van der Waals surface area contributed by atoms with Crippen LogP contribution in [0.15, 0.2) is 18.2 Å². The van der Waals surface area contributed by atoms with Crippen molar-refractivity contribution >= 4 is 5.91 Å². The molecule has 0 radical (unpaired) electrons. The van der Waals surface area contributed by atoms with Crippen LogP contribution < -0.4 is 10.1 Å². The Morgan fingerprint density at radius 2 is 2.00 bits per heavy atom. The van der Waals surface area contributed by atoms with Gasteiger partial charge in [-0.1, -0.05) is 6.07 Å². The van der Waals surface area contributed by atoms with Gasteiger partial charge in [0.2, 0.25) is 5.91 Å². The van der Waals surface area contributed by atoms with E-state index in [1.54, 1.807) is 0 Å². The minimum absolute atomic E-state index is 0.0313. The van der Waals surface area contributed by atoms with Crippen LogP contribution >= 0.6 is 0 Å². The van der Waals surface area contributed by atoms with E-state index in [0.29, 0.717) is 13.0 Å². The molecule has 0 atom stereocenters. The van der Waals surface area contributed by atoms with Crippen LogP contribution in [0.1, 0.15) is 31.4 Å². The van der Waals surface area contributed by atoms with Gasteiger partial charge in [-0.25, -0.2) is 0 Å². The highest BCUT2D eigenvalue weighted by molar-refractivity contribution is 5.76. The molecule has 0 fully saturated rings. The number of benzene rings is 1. The number of carbonyl (C=O) groups excluding carboxylic acids is 1. The fourth-order valence-corrected chi connectivity index (χ4v) is 1.46. The van der Waals surface area contributed by atoms with Crippen molar-refractivity contribution in [2.75, 3.05) is 6.61 Å². The van der Waals surface area contributed by atoms with E-state index in [2.05, 4.69) is 12.2 Å².